The average molecular weight is 172 g/mol. The Morgan fingerprint density at radius 3 is 2.62 bits per heavy atom. The van der Waals surface area contributed by atoms with Gasteiger partial charge in [0.1, 0.15) is 5.75 Å². The third kappa shape index (κ3) is 1.37. The molecule has 66 valence electrons. The molecule has 0 atom stereocenters. The molecule has 2 aromatic carbocycles. The summed E-state index contributed by atoms with van der Waals surface area (Å²) in [5, 5.41) is 2.41. The molecule has 1 nitrogen and oxygen atoms in total. The molecule has 2 rings (SSSR count). The Morgan fingerprint density at radius 2 is 1.85 bits per heavy atom. The summed E-state index contributed by atoms with van der Waals surface area (Å²) in [5.74, 6) is 0.954. The van der Waals surface area contributed by atoms with Gasteiger partial charge in [-0.15, -0.1) is 0 Å². The molecule has 0 aliphatic heterocycles. The molecule has 0 saturated carbocycles. The Balaban J connectivity index is 2.81. The first-order valence-electron chi connectivity index (χ1n) is 4.34. The number of methoxy groups -OCH3 is 1. The quantitative estimate of drug-likeness (QED) is 0.642. The largest absolute Gasteiger partial charge is 0.496 e. The van der Waals surface area contributed by atoms with Crippen molar-refractivity contribution < 1.29 is 4.74 Å². The van der Waals surface area contributed by atoms with Gasteiger partial charge in [0.15, 0.2) is 0 Å². The van der Waals surface area contributed by atoms with Gasteiger partial charge < -0.3 is 4.74 Å². The summed E-state index contributed by atoms with van der Waals surface area (Å²) in [6.45, 7) is 2.08. The van der Waals surface area contributed by atoms with Crippen molar-refractivity contribution in [2.24, 2.45) is 0 Å². The van der Waals surface area contributed by atoms with Crippen molar-refractivity contribution in [3.8, 4) is 5.75 Å². The zero-order valence-corrected chi connectivity index (χ0v) is 7.87. The van der Waals surface area contributed by atoms with Crippen molar-refractivity contribution in [3.63, 3.8) is 0 Å². The number of hydrogen-bond donors (Lipinski definition) is 0. The number of benzene rings is 2. The Kier molecular flexibility index (Phi) is 1.93. The summed E-state index contributed by atoms with van der Waals surface area (Å²) in [5.41, 5.74) is 1.23. The molecule has 2 aromatic rings. The highest BCUT2D eigenvalue weighted by molar-refractivity contribution is 5.88. The van der Waals surface area contributed by atoms with Crippen molar-refractivity contribution >= 4 is 10.8 Å². The molecular formula is C12H12O. The van der Waals surface area contributed by atoms with Gasteiger partial charge in [0.05, 0.1) is 7.11 Å². The summed E-state index contributed by atoms with van der Waals surface area (Å²) in [6, 6.07) is 12.5. The molecule has 0 heterocycles. The topological polar surface area (TPSA) is 9.23 Å². The van der Waals surface area contributed by atoms with Crippen LogP contribution in [0.3, 0.4) is 0 Å². The Bertz CT molecular complexity index is 432. The van der Waals surface area contributed by atoms with Crippen LogP contribution in [0, 0.1) is 6.92 Å². The van der Waals surface area contributed by atoms with Gasteiger partial charge in [0.25, 0.3) is 0 Å². The second-order valence-electron chi connectivity index (χ2n) is 3.19. The van der Waals surface area contributed by atoms with Gasteiger partial charge in [-0.25, -0.2) is 0 Å². The fourth-order valence-corrected chi connectivity index (χ4v) is 1.59. The predicted molar refractivity (Wildman–Crippen MR) is 55.2 cm³/mol. The van der Waals surface area contributed by atoms with E-state index in [1.165, 1.54) is 16.3 Å². The van der Waals surface area contributed by atoms with E-state index >= 15 is 0 Å². The van der Waals surface area contributed by atoms with Gasteiger partial charge in [-0.3, -0.25) is 0 Å². The van der Waals surface area contributed by atoms with Gasteiger partial charge >= 0.3 is 0 Å². The third-order valence-corrected chi connectivity index (χ3v) is 2.19. The lowest BCUT2D eigenvalue weighted by Crippen LogP contribution is -1.85. The predicted octanol–water partition coefficient (Wildman–Crippen LogP) is 3.16. The van der Waals surface area contributed by atoms with E-state index in [9.17, 15) is 0 Å². The second kappa shape index (κ2) is 3.09. The van der Waals surface area contributed by atoms with Gasteiger partial charge in [-0.05, 0) is 23.9 Å². The van der Waals surface area contributed by atoms with Gasteiger partial charge in [0.2, 0.25) is 0 Å². The van der Waals surface area contributed by atoms with E-state index in [-0.39, 0.29) is 0 Å². The zero-order valence-electron chi connectivity index (χ0n) is 7.87. The van der Waals surface area contributed by atoms with E-state index in [4.69, 9.17) is 4.74 Å². The van der Waals surface area contributed by atoms with Crippen LogP contribution in [0.2, 0.25) is 0 Å². The number of hydrogen-bond acceptors (Lipinski definition) is 1. The van der Waals surface area contributed by atoms with Crippen LogP contribution in [0.15, 0.2) is 36.4 Å². The summed E-state index contributed by atoms with van der Waals surface area (Å²) < 4.78 is 5.31. The van der Waals surface area contributed by atoms with Crippen molar-refractivity contribution in [1.29, 1.82) is 0 Å². The zero-order chi connectivity index (χ0) is 9.26. The molecule has 0 aliphatic carbocycles. The van der Waals surface area contributed by atoms with Crippen LogP contribution in [0.5, 0.6) is 5.75 Å². The second-order valence-corrected chi connectivity index (χ2v) is 3.19. The van der Waals surface area contributed by atoms with Crippen LogP contribution in [-0.4, -0.2) is 7.11 Å². The van der Waals surface area contributed by atoms with Gasteiger partial charge in [0, 0.05) is 5.39 Å². The highest BCUT2D eigenvalue weighted by Gasteiger charge is 2.00. The van der Waals surface area contributed by atoms with E-state index in [2.05, 4.69) is 31.2 Å². The summed E-state index contributed by atoms with van der Waals surface area (Å²) in [7, 11) is 1.71. The molecule has 0 amide bonds. The maximum atomic E-state index is 5.31. The molecule has 0 unspecified atom stereocenters. The maximum absolute atomic E-state index is 5.31. The summed E-state index contributed by atoms with van der Waals surface area (Å²) in [6.07, 6.45) is 0. The summed E-state index contributed by atoms with van der Waals surface area (Å²) >= 11 is 0. The minimum atomic E-state index is 0.954. The van der Waals surface area contributed by atoms with E-state index in [1.54, 1.807) is 7.11 Å². The first-order valence-corrected chi connectivity index (χ1v) is 4.34. The molecule has 0 spiro atoms. The molecule has 0 saturated heterocycles. The van der Waals surface area contributed by atoms with Crippen LogP contribution >= 0.6 is 0 Å². The monoisotopic (exact) mass is 172 g/mol. The molecular weight excluding hydrogens is 160 g/mol. The lowest BCUT2D eigenvalue weighted by atomic mass is 10.1. The van der Waals surface area contributed by atoms with Crippen LogP contribution in [0.25, 0.3) is 10.8 Å². The molecule has 0 bridgehead atoms. The van der Waals surface area contributed by atoms with Crippen LogP contribution < -0.4 is 4.74 Å². The first-order chi connectivity index (χ1) is 6.31. The van der Waals surface area contributed by atoms with Crippen molar-refractivity contribution in [2.45, 2.75) is 6.92 Å². The molecule has 0 aromatic heterocycles. The SMILES string of the molecule is COc1cc(C)cc2ccccc12. The highest BCUT2D eigenvalue weighted by Crippen LogP contribution is 2.26. The van der Waals surface area contributed by atoms with Crippen molar-refractivity contribution in [3.05, 3.63) is 42.0 Å². The van der Waals surface area contributed by atoms with Crippen molar-refractivity contribution in [2.75, 3.05) is 7.11 Å². The number of ether oxygens (including phenoxy) is 1. The lowest BCUT2D eigenvalue weighted by Gasteiger charge is -2.06. The molecule has 0 aliphatic rings. The van der Waals surface area contributed by atoms with Gasteiger partial charge in [-0.1, -0.05) is 30.3 Å². The lowest BCUT2D eigenvalue weighted by molar-refractivity contribution is 0.419. The Hall–Kier alpha value is -1.50. The molecule has 0 radical (unpaired) electrons. The summed E-state index contributed by atoms with van der Waals surface area (Å²) in [4.78, 5) is 0. The highest BCUT2D eigenvalue weighted by atomic mass is 16.5. The Labute approximate surface area is 78.0 Å². The fraction of sp³-hybridized carbons (Fsp3) is 0.167. The van der Waals surface area contributed by atoms with E-state index in [0.29, 0.717) is 0 Å². The van der Waals surface area contributed by atoms with Crippen LogP contribution in [0.1, 0.15) is 5.56 Å². The standard InChI is InChI=1S/C12H12O/c1-9-7-10-5-3-4-6-11(10)12(8-9)13-2/h3-8H,1-2H3. The number of fused-ring (bicyclic) bond motifs is 1. The maximum Gasteiger partial charge on any atom is 0.126 e. The Morgan fingerprint density at radius 1 is 1.08 bits per heavy atom. The third-order valence-electron chi connectivity index (χ3n) is 2.19. The van der Waals surface area contributed by atoms with Gasteiger partial charge in [-0.2, -0.15) is 0 Å². The molecule has 0 fully saturated rings. The first kappa shape index (κ1) is 8.11. The van der Waals surface area contributed by atoms with E-state index in [0.717, 1.165) is 5.75 Å². The number of rotatable bonds is 1. The van der Waals surface area contributed by atoms with E-state index in [1.807, 2.05) is 12.1 Å². The average Bonchev–Trinajstić information content (AvgIpc) is 2.16. The van der Waals surface area contributed by atoms with Crippen LogP contribution in [-0.2, 0) is 0 Å². The van der Waals surface area contributed by atoms with E-state index < -0.39 is 0 Å². The normalized spacial score (nSPS) is 10.3. The minimum Gasteiger partial charge on any atom is -0.496 e. The smallest absolute Gasteiger partial charge is 0.126 e. The molecule has 0 N–H and O–H groups in total. The molecule has 1 heteroatoms. The number of aryl methyl sites for hydroxylation is 1. The molecule has 13 heavy (non-hydrogen) atoms. The minimum absolute atomic E-state index is 0.954. The van der Waals surface area contributed by atoms with Crippen LogP contribution in [0.4, 0.5) is 0 Å². The fourth-order valence-electron chi connectivity index (χ4n) is 1.59. The van der Waals surface area contributed by atoms with Crippen molar-refractivity contribution in [1.82, 2.24) is 0 Å².